The minimum atomic E-state index is -0.177. The zero-order valence-electron chi connectivity index (χ0n) is 11.3. The van der Waals surface area contributed by atoms with E-state index in [0.29, 0.717) is 13.1 Å². The molecular formula is C16H16N2O2. The zero-order valence-corrected chi connectivity index (χ0v) is 11.3. The highest BCUT2D eigenvalue weighted by molar-refractivity contribution is 5.74. The summed E-state index contributed by atoms with van der Waals surface area (Å²) in [5.74, 6) is 6.65. The average molecular weight is 268 g/mol. The fraction of sp³-hybridized carbons (Fsp3) is 0.188. The molecular weight excluding hydrogens is 252 g/mol. The Morgan fingerprint density at radius 2 is 2.05 bits per heavy atom. The van der Waals surface area contributed by atoms with Gasteiger partial charge in [0.1, 0.15) is 5.76 Å². The van der Waals surface area contributed by atoms with E-state index in [1.54, 1.807) is 24.3 Å². The lowest BCUT2D eigenvalue weighted by atomic mass is 10.2. The van der Waals surface area contributed by atoms with E-state index in [4.69, 9.17) is 4.42 Å². The Bertz CT molecular complexity index is 594. The summed E-state index contributed by atoms with van der Waals surface area (Å²) >= 11 is 0. The van der Waals surface area contributed by atoms with Crippen molar-refractivity contribution < 1.29 is 9.21 Å². The van der Waals surface area contributed by atoms with E-state index in [0.717, 1.165) is 11.3 Å². The molecule has 1 heterocycles. The van der Waals surface area contributed by atoms with Crippen LogP contribution in [0, 0.1) is 11.8 Å². The number of rotatable bonds is 3. The van der Waals surface area contributed by atoms with E-state index in [2.05, 4.69) is 17.2 Å². The van der Waals surface area contributed by atoms with Crippen LogP contribution in [0.25, 0.3) is 0 Å². The molecule has 1 N–H and O–H groups in total. The van der Waals surface area contributed by atoms with Gasteiger partial charge in [-0.25, -0.2) is 4.79 Å². The summed E-state index contributed by atoms with van der Waals surface area (Å²) in [6.45, 7) is 0.751. The molecule has 102 valence electrons. The maximum absolute atomic E-state index is 11.8. The molecule has 0 fully saturated rings. The number of nitrogens with zero attached hydrogens (tertiary/aromatic N) is 1. The number of carbonyl (C=O) groups excluding carboxylic acids is 1. The fourth-order valence-electron chi connectivity index (χ4n) is 1.63. The van der Waals surface area contributed by atoms with Gasteiger partial charge in [0.25, 0.3) is 0 Å². The molecule has 0 saturated heterocycles. The van der Waals surface area contributed by atoms with Gasteiger partial charge in [-0.15, -0.1) is 0 Å². The molecule has 4 nitrogen and oxygen atoms in total. The second kappa shape index (κ2) is 7.05. The SMILES string of the molecule is CN(Cc1ccco1)C(=O)NCC#Cc1ccccc1. The molecule has 0 radical (unpaired) electrons. The Kier molecular flexibility index (Phi) is 4.85. The molecule has 0 bridgehead atoms. The number of amides is 2. The standard InChI is InChI=1S/C16H16N2O2/c1-18(13-15-10-6-12-20-15)16(19)17-11-5-9-14-7-3-2-4-8-14/h2-4,6-8,10,12H,11,13H2,1H3,(H,17,19). The van der Waals surface area contributed by atoms with Crippen molar-refractivity contribution >= 4 is 6.03 Å². The smallest absolute Gasteiger partial charge is 0.318 e. The molecule has 20 heavy (non-hydrogen) atoms. The summed E-state index contributed by atoms with van der Waals surface area (Å²) < 4.78 is 5.19. The van der Waals surface area contributed by atoms with Crippen molar-refractivity contribution in [3.63, 3.8) is 0 Å². The van der Waals surface area contributed by atoms with Crippen LogP contribution in [-0.4, -0.2) is 24.5 Å². The predicted molar refractivity (Wildman–Crippen MR) is 76.9 cm³/mol. The van der Waals surface area contributed by atoms with Crippen molar-refractivity contribution in [2.24, 2.45) is 0 Å². The van der Waals surface area contributed by atoms with Crippen LogP contribution in [0.4, 0.5) is 4.79 Å². The van der Waals surface area contributed by atoms with E-state index < -0.39 is 0 Å². The molecule has 2 amide bonds. The first kappa shape index (κ1) is 13.8. The van der Waals surface area contributed by atoms with Crippen molar-refractivity contribution in [1.82, 2.24) is 10.2 Å². The zero-order chi connectivity index (χ0) is 14.2. The van der Waals surface area contributed by atoms with Gasteiger partial charge in [-0.05, 0) is 24.3 Å². The summed E-state index contributed by atoms with van der Waals surface area (Å²) in [5.41, 5.74) is 0.936. The van der Waals surface area contributed by atoms with Gasteiger partial charge in [-0.3, -0.25) is 0 Å². The van der Waals surface area contributed by atoms with Crippen molar-refractivity contribution in [3.05, 3.63) is 60.1 Å². The van der Waals surface area contributed by atoms with Crippen LogP contribution in [0.2, 0.25) is 0 Å². The van der Waals surface area contributed by atoms with E-state index in [1.807, 2.05) is 36.4 Å². The maximum atomic E-state index is 11.8. The van der Waals surface area contributed by atoms with Crippen molar-refractivity contribution in [2.45, 2.75) is 6.54 Å². The Hall–Kier alpha value is -2.67. The van der Waals surface area contributed by atoms with Crippen LogP contribution in [0.15, 0.2) is 53.1 Å². The summed E-state index contributed by atoms with van der Waals surface area (Å²) in [4.78, 5) is 13.3. The van der Waals surface area contributed by atoms with Gasteiger partial charge >= 0.3 is 6.03 Å². The largest absolute Gasteiger partial charge is 0.467 e. The van der Waals surface area contributed by atoms with Gasteiger partial charge < -0.3 is 14.6 Å². The van der Waals surface area contributed by atoms with Crippen molar-refractivity contribution in [2.75, 3.05) is 13.6 Å². The van der Waals surface area contributed by atoms with Crippen LogP contribution in [0.1, 0.15) is 11.3 Å². The molecule has 1 aromatic heterocycles. The average Bonchev–Trinajstić information content (AvgIpc) is 2.97. The van der Waals surface area contributed by atoms with E-state index in [-0.39, 0.29) is 6.03 Å². The molecule has 0 saturated carbocycles. The third kappa shape index (κ3) is 4.21. The number of benzene rings is 1. The van der Waals surface area contributed by atoms with Gasteiger partial charge in [-0.1, -0.05) is 30.0 Å². The van der Waals surface area contributed by atoms with Gasteiger partial charge in [0.15, 0.2) is 0 Å². The highest BCUT2D eigenvalue weighted by Gasteiger charge is 2.08. The lowest BCUT2D eigenvalue weighted by Gasteiger charge is -2.15. The Balaban J connectivity index is 1.76. The predicted octanol–water partition coefficient (Wildman–Crippen LogP) is 2.47. The number of nitrogens with one attached hydrogen (secondary N) is 1. The van der Waals surface area contributed by atoms with Crippen molar-refractivity contribution in [3.8, 4) is 11.8 Å². The lowest BCUT2D eigenvalue weighted by molar-refractivity contribution is 0.204. The third-order valence-electron chi connectivity index (χ3n) is 2.65. The Morgan fingerprint density at radius 3 is 2.75 bits per heavy atom. The van der Waals surface area contributed by atoms with Gasteiger partial charge in [0, 0.05) is 12.6 Å². The summed E-state index contributed by atoms with van der Waals surface area (Å²) in [7, 11) is 1.71. The van der Waals surface area contributed by atoms with Gasteiger partial charge in [0.2, 0.25) is 0 Å². The maximum Gasteiger partial charge on any atom is 0.318 e. The quantitative estimate of drug-likeness (QED) is 0.869. The number of urea groups is 1. The number of furan rings is 1. The van der Waals surface area contributed by atoms with E-state index in [9.17, 15) is 4.79 Å². The monoisotopic (exact) mass is 268 g/mol. The van der Waals surface area contributed by atoms with E-state index in [1.165, 1.54) is 0 Å². The highest BCUT2D eigenvalue weighted by Crippen LogP contribution is 2.03. The van der Waals surface area contributed by atoms with Gasteiger partial charge in [0.05, 0.1) is 19.4 Å². The molecule has 0 aliphatic heterocycles. The molecule has 4 heteroatoms. The minimum Gasteiger partial charge on any atom is -0.467 e. The van der Waals surface area contributed by atoms with Crippen LogP contribution >= 0.6 is 0 Å². The first-order valence-corrected chi connectivity index (χ1v) is 6.31. The topological polar surface area (TPSA) is 45.5 Å². The molecule has 0 aliphatic carbocycles. The van der Waals surface area contributed by atoms with Crippen LogP contribution in [0.3, 0.4) is 0 Å². The molecule has 0 spiro atoms. The molecule has 2 rings (SSSR count). The summed E-state index contributed by atoms with van der Waals surface area (Å²) in [5, 5.41) is 2.74. The van der Waals surface area contributed by atoms with Crippen molar-refractivity contribution in [1.29, 1.82) is 0 Å². The molecule has 1 aromatic carbocycles. The van der Waals surface area contributed by atoms with Crippen LogP contribution < -0.4 is 5.32 Å². The number of hydrogen-bond acceptors (Lipinski definition) is 2. The fourth-order valence-corrected chi connectivity index (χ4v) is 1.63. The highest BCUT2D eigenvalue weighted by atomic mass is 16.3. The first-order valence-electron chi connectivity index (χ1n) is 6.31. The Morgan fingerprint density at radius 1 is 1.25 bits per heavy atom. The molecule has 2 aromatic rings. The van der Waals surface area contributed by atoms with Gasteiger partial charge in [-0.2, -0.15) is 0 Å². The number of hydrogen-bond donors (Lipinski definition) is 1. The summed E-state index contributed by atoms with van der Waals surface area (Å²) in [6, 6.07) is 13.1. The van der Waals surface area contributed by atoms with Crippen LogP contribution in [0.5, 0.6) is 0 Å². The molecule has 0 unspecified atom stereocenters. The van der Waals surface area contributed by atoms with Crippen LogP contribution in [-0.2, 0) is 6.54 Å². The number of carbonyl (C=O) groups is 1. The summed E-state index contributed by atoms with van der Waals surface area (Å²) in [6.07, 6.45) is 1.59. The van der Waals surface area contributed by atoms with E-state index >= 15 is 0 Å². The lowest BCUT2D eigenvalue weighted by Crippen LogP contribution is -2.36. The second-order valence-corrected chi connectivity index (χ2v) is 4.26. The third-order valence-corrected chi connectivity index (χ3v) is 2.65. The Labute approximate surface area is 118 Å². The normalized spacial score (nSPS) is 9.45. The molecule has 0 atom stereocenters. The first-order chi connectivity index (χ1) is 9.75. The minimum absolute atomic E-state index is 0.177. The molecule has 0 aliphatic rings. The second-order valence-electron chi connectivity index (χ2n) is 4.26.